The van der Waals surface area contributed by atoms with Gasteiger partial charge in [0.1, 0.15) is 0 Å². The van der Waals surface area contributed by atoms with Gasteiger partial charge >= 0.3 is 0 Å². The van der Waals surface area contributed by atoms with E-state index in [9.17, 15) is 9.59 Å². The molecule has 0 aromatic heterocycles. The molecule has 0 bridgehead atoms. The molecular weight excluding hydrogens is 266 g/mol. The van der Waals surface area contributed by atoms with Crippen molar-refractivity contribution in [2.45, 2.75) is 33.6 Å². The van der Waals surface area contributed by atoms with Crippen LogP contribution in [0, 0.1) is 11.8 Å². The number of carbonyl (C=O) groups is 2. The Labute approximate surface area is 126 Å². The summed E-state index contributed by atoms with van der Waals surface area (Å²) in [4.78, 5) is 22.9. The molecule has 21 heavy (non-hydrogen) atoms. The third-order valence-electron chi connectivity index (χ3n) is 3.10. The third kappa shape index (κ3) is 6.90. The van der Waals surface area contributed by atoms with Gasteiger partial charge in [0.05, 0.1) is 0 Å². The SMILES string of the molecule is CC(=O)Nc1ccc(NC(=O)CC(CN)CC(C)C)cc1. The molecule has 1 aromatic carbocycles. The molecule has 0 aliphatic rings. The fourth-order valence-electron chi connectivity index (χ4n) is 2.24. The van der Waals surface area contributed by atoms with Gasteiger partial charge < -0.3 is 16.4 Å². The molecule has 4 N–H and O–H groups in total. The lowest BCUT2D eigenvalue weighted by molar-refractivity contribution is -0.117. The number of carbonyl (C=O) groups excluding carboxylic acids is 2. The highest BCUT2D eigenvalue weighted by molar-refractivity contribution is 5.92. The smallest absolute Gasteiger partial charge is 0.224 e. The Bertz CT molecular complexity index is 469. The van der Waals surface area contributed by atoms with E-state index in [-0.39, 0.29) is 17.7 Å². The minimum Gasteiger partial charge on any atom is -0.330 e. The molecule has 1 aromatic rings. The lowest BCUT2D eigenvalue weighted by Crippen LogP contribution is -2.23. The van der Waals surface area contributed by atoms with Crippen molar-refractivity contribution >= 4 is 23.2 Å². The Morgan fingerprint density at radius 1 is 1.10 bits per heavy atom. The lowest BCUT2D eigenvalue weighted by Gasteiger charge is -2.16. The van der Waals surface area contributed by atoms with E-state index in [0.29, 0.717) is 24.6 Å². The normalized spacial score (nSPS) is 12.0. The van der Waals surface area contributed by atoms with Gasteiger partial charge in [-0.05, 0) is 49.1 Å². The van der Waals surface area contributed by atoms with Gasteiger partial charge in [-0.2, -0.15) is 0 Å². The number of anilines is 2. The molecule has 2 amide bonds. The predicted octanol–water partition coefficient (Wildman–Crippen LogP) is 2.59. The van der Waals surface area contributed by atoms with Gasteiger partial charge in [0, 0.05) is 24.7 Å². The molecule has 1 unspecified atom stereocenters. The average molecular weight is 291 g/mol. The van der Waals surface area contributed by atoms with Crippen molar-refractivity contribution in [3.63, 3.8) is 0 Å². The fourth-order valence-corrected chi connectivity index (χ4v) is 2.24. The van der Waals surface area contributed by atoms with Crippen LogP contribution in [0.25, 0.3) is 0 Å². The van der Waals surface area contributed by atoms with Gasteiger partial charge in [-0.3, -0.25) is 9.59 Å². The number of nitrogens with one attached hydrogen (secondary N) is 2. The second-order valence-corrected chi connectivity index (χ2v) is 5.74. The zero-order chi connectivity index (χ0) is 15.8. The summed E-state index contributed by atoms with van der Waals surface area (Å²) in [6.45, 7) is 6.23. The Balaban J connectivity index is 2.52. The van der Waals surface area contributed by atoms with Crippen LogP contribution in [0.3, 0.4) is 0 Å². The fraction of sp³-hybridized carbons (Fsp3) is 0.500. The summed E-state index contributed by atoms with van der Waals surface area (Å²) in [7, 11) is 0. The van der Waals surface area contributed by atoms with E-state index in [2.05, 4.69) is 24.5 Å². The molecule has 0 saturated carbocycles. The highest BCUT2D eigenvalue weighted by Gasteiger charge is 2.14. The molecule has 1 atom stereocenters. The van der Waals surface area contributed by atoms with Crippen molar-refractivity contribution in [2.75, 3.05) is 17.2 Å². The van der Waals surface area contributed by atoms with Crippen molar-refractivity contribution in [3.8, 4) is 0 Å². The molecule has 0 radical (unpaired) electrons. The van der Waals surface area contributed by atoms with Crippen molar-refractivity contribution < 1.29 is 9.59 Å². The van der Waals surface area contributed by atoms with Gasteiger partial charge in [0.15, 0.2) is 0 Å². The number of amides is 2. The monoisotopic (exact) mass is 291 g/mol. The highest BCUT2D eigenvalue weighted by Crippen LogP contribution is 2.17. The zero-order valence-corrected chi connectivity index (χ0v) is 13.0. The van der Waals surface area contributed by atoms with Crippen LogP contribution in [-0.4, -0.2) is 18.4 Å². The van der Waals surface area contributed by atoms with Crippen LogP contribution in [0.15, 0.2) is 24.3 Å². The largest absolute Gasteiger partial charge is 0.330 e. The van der Waals surface area contributed by atoms with Crippen LogP contribution in [-0.2, 0) is 9.59 Å². The highest BCUT2D eigenvalue weighted by atomic mass is 16.2. The Kier molecular flexibility index (Phi) is 6.88. The number of hydrogen-bond acceptors (Lipinski definition) is 3. The van der Waals surface area contributed by atoms with Gasteiger partial charge in [-0.15, -0.1) is 0 Å². The first kappa shape index (κ1) is 17.2. The van der Waals surface area contributed by atoms with Crippen LogP contribution in [0.5, 0.6) is 0 Å². The first-order valence-corrected chi connectivity index (χ1v) is 7.28. The Morgan fingerprint density at radius 3 is 2.05 bits per heavy atom. The topological polar surface area (TPSA) is 84.2 Å². The molecule has 0 saturated heterocycles. The summed E-state index contributed by atoms with van der Waals surface area (Å²) in [5.41, 5.74) is 7.13. The minimum atomic E-state index is -0.119. The second kappa shape index (κ2) is 8.42. The summed E-state index contributed by atoms with van der Waals surface area (Å²) in [6, 6.07) is 7.04. The standard InChI is InChI=1S/C16H25N3O2/c1-11(2)8-13(10-17)9-16(21)19-15-6-4-14(5-7-15)18-12(3)20/h4-7,11,13H,8-10,17H2,1-3H3,(H,18,20)(H,19,21). The van der Waals surface area contributed by atoms with Crippen LogP contribution in [0.2, 0.25) is 0 Å². The van der Waals surface area contributed by atoms with Gasteiger partial charge in [0.25, 0.3) is 0 Å². The van der Waals surface area contributed by atoms with Crippen molar-refractivity contribution in [1.29, 1.82) is 0 Å². The molecule has 0 heterocycles. The van der Waals surface area contributed by atoms with E-state index in [0.717, 1.165) is 12.1 Å². The third-order valence-corrected chi connectivity index (χ3v) is 3.10. The summed E-state index contributed by atoms with van der Waals surface area (Å²) < 4.78 is 0. The van der Waals surface area contributed by atoms with Crippen LogP contribution < -0.4 is 16.4 Å². The molecule has 1 rings (SSSR count). The summed E-state index contributed by atoms with van der Waals surface area (Å²) in [5, 5.41) is 5.53. The number of rotatable bonds is 7. The quantitative estimate of drug-likeness (QED) is 0.722. The molecular formula is C16H25N3O2. The van der Waals surface area contributed by atoms with E-state index in [1.807, 2.05) is 0 Å². The first-order chi connectivity index (χ1) is 9.90. The van der Waals surface area contributed by atoms with Crippen LogP contribution in [0.4, 0.5) is 11.4 Å². The van der Waals surface area contributed by atoms with Crippen molar-refractivity contribution in [2.24, 2.45) is 17.6 Å². The lowest BCUT2D eigenvalue weighted by atomic mass is 9.94. The number of nitrogens with two attached hydrogens (primary N) is 1. The maximum Gasteiger partial charge on any atom is 0.224 e. The molecule has 0 fully saturated rings. The molecule has 5 nitrogen and oxygen atoms in total. The summed E-state index contributed by atoms with van der Waals surface area (Å²) in [6.07, 6.45) is 1.38. The second-order valence-electron chi connectivity index (χ2n) is 5.74. The van der Waals surface area contributed by atoms with Gasteiger partial charge in [-0.25, -0.2) is 0 Å². The van der Waals surface area contributed by atoms with E-state index in [1.165, 1.54) is 6.92 Å². The molecule has 116 valence electrons. The summed E-state index contributed by atoms with van der Waals surface area (Å²) in [5.74, 6) is 0.594. The van der Waals surface area contributed by atoms with E-state index >= 15 is 0 Å². The zero-order valence-electron chi connectivity index (χ0n) is 13.0. The van der Waals surface area contributed by atoms with Crippen molar-refractivity contribution in [1.82, 2.24) is 0 Å². The van der Waals surface area contributed by atoms with Crippen LogP contribution >= 0.6 is 0 Å². The molecule has 0 spiro atoms. The van der Waals surface area contributed by atoms with Gasteiger partial charge in [-0.1, -0.05) is 13.8 Å². The summed E-state index contributed by atoms with van der Waals surface area (Å²) >= 11 is 0. The number of benzene rings is 1. The average Bonchev–Trinajstić information content (AvgIpc) is 2.39. The van der Waals surface area contributed by atoms with E-state index in [1.54, 1.807) is 24.3 Å². The predicted molar refractivity (Wildman–Crippen MR) is 86.0 cm³/mol. The molecule has 0 aliphatic carbocycles. The van der Waals surface area contributed by atoms with Gasteiger partial charge in [0.2, 0.25) is 11.8 Å². The minimum absolute atomic E-state index is 0.0293. The van der Waals surface area contributed by atoms with Crippen molar-refractivity contribution in [3.05, 3.63) is 24.3 Å². The Morgan fingerprint density at radius 2 is 1.62 bits per heavy atom. The number of hydrogen-bond donors (Lipinski definition) is 3. The van der Waals surface area contributed by atoms with Crippen LogP contribution in [0.1, 0.15) is 33.6 Å². The van der Waals surface area contributed by atoms with E-state index in [4.69, 9.17) is 5.73 Å². The molecule has 0 aliphatic heterocycles. The molecule has 5 heteroatoms. The first-order valence-electron chi connectivity index (χ1n) is 7.28. The maximum atomic E-state index is 12.0. The Hall–Kier alpha value is -1.88. The van der Waals surface area contributed by atoms with E-state index < -0.39 is 0 Å². The maximum absolute atomic E-state index is 12.0.